The van der Waals surface area contributed by atoms with Crippen LogP contribution in [0.5, 0.6) is 5.75 Å². The van der Waals surface area contributed by atoms with E-state index in [0.717, 1.165) is 26.9 Å². The number of hydrogen-bond acceptors (Lipinski definition) is 2. The number of anilines is 2. The van der Waals surface area contributed by atoms with E-state index in [1.165, 1.54) is 5.56 Å². The molecule has 19 heavy (non-hydrogen) atoms. The van der Waals surface area contributed by atoms with Gasteiger partial charge in [0.1, 0.15) is 5.75 Å². The summed E-state index contributed by atoms with van der Waals surface area (Å²) in [4.78, 5) is 2.14. The van der Waals surface area contributed by atoms with Crippen molar-refractivity contribution >= 4 is 43.2 Å². The second kappa shape index (κ2) is 6.44. The van der Waals surface area contributed by atoms with Gasteiger partial charge in [0.05, 0.1) is 12.8 Å². The normalized spacial score (nSPS) is 10.3. The minimum Gasteiger partial charge on any atom is -0.495 e. The van der Waals surface area contributed by atoms with Crippen molar-refractivity contribution in [2.45, 2.75) is 5.33 Å². The van der Waals surface area contributed by atoms with Crippen LogP contribution in [-0.4, -0.2) is 14.2 Å². The molecule has 0 heterocycles. The van der Waals surface area contributed by atoms with E-state index in [9.17, 15) is 0 Å². The Hall–Kier alpha value is -1.000. The Bertz CT molecular complexity index is 572. The molecular formula is C15H15Br2NO. The fourth-order valence-electron chi connectivity index (χ4n) is 2.02. The third kappa shape index (κ3) is 3.12. The molecule has 0 radical (unpaired) electrons. The van der Waals surface area contributed by atoms with Gasteiger partial charge in [0.15, 0.2) is 0 Å². The van der Waals surface area contributed by atoms with Gasteiger partial charge in [-0.1, -0.05) is 44.0 Å². The number of rotatable bonds is 4. The van der Waals surface area contributed by atoms with Crippen molar-refractivity contribution in [3.63, 3.8) is 0 Å². The first-order valence-corrected chi connectivity index (χ1v) is 7.80. The van der Waals surface area contributed by atoms with E-state index in [1.807, 2.05) is 31.3 Å². The Kier molecular flexibility index (Phi) is 4.88. The molecule has 0 spiro atoms. The zero-order valence-electron chi connectivity index (χ0n) is 10.9. The van der Waals surface area contributed by atoms with Crippen molar-refractivity contribution in [2.75, 3.05) is 19.1 Å². The molecule has 0 saturated heterocycles. The van der Waals surface area contributed by atoms with Crippen LogP contribution < -0.4 is 9.64 Å². The molecule has 0 N–H and O–H groups in total. The predicted molar refractivity (Wildman–Crippen MR) is 87.8 cm³/mol. The van der Waals surface area contributed by atoms with Gasteiger partial charge >= 0.3 is 0 Å². The second-order valence-corrected chi connectivity index (χ2v) is 5.61. The highest BCUT2D eigenvalue weighted by atomic mass is 79.9. The number of hydrogen-bond donors (Lipinski definition) is 0. The van der Waals surface area contributed by atoms with Gasteiger partial charge in [0, 0.05) is 22.5 Å². The summed E-state index contributed by atoms with van der Waals surface area (Å²) in [5, 5.41) is 0.807. The van der Waals surface area contributed by atoms with Crippen LogP contribution in [0.4, 0.5) is 11.4 Å². The van der Waals surface area contributed by atoms with E-state index < -0.39 is 0 Å². The summed E-state index contributed by atoms with van der Waals surface area (Å²) >= 11 is 7.05. The van der Waals surface area contributed by atoms with E-state index >= 15 is 0 Å². The van der Waals surface area contributed by atoms with Crippen LogP contribution in [0, 0.1) is 0 Å². The lowest BCUT2D eigenvalue weighted by Gasteiger charge is -2.24. The maximum atomic E-state index is 5.42. The van der Waals surface area contributed by atoms with Crippen molar-refractivity contribution < 1.29 is 4.74 Å². The fourth-order valence-corrected chi connectivity index (χ4v) is 2.88. The van der Waals surface area contributed by atoms with E-state index in [4.69, 9.17) is 4.74 Å². The van der Waals surface area contributed by atoms with E-state index in [2.05, 4.69) is 55.0 Å². The van der Waals surface area contributed by atoms with Crippen LogP contribution >= 0.6 is 31.9 Å². The van der Waals surface area contributed by atoms with Gasteiger partial charge in [-0.2, -0.15) is 0 Å². The molecule has 100 valence electrons. The number of para-hydroxylation sites is 2. The first kappa shape index (κ1) is 14.4. The number of halogens is 2. The highest BCUT2D eigenvalue weighted by Crippen LogP contribution is 2.35. The van der Waals surface area contributed by atoms with Gasteiger partial charge in [-0.25, -0.2) is 0 Å². The van der Waals surface area contributed by atoms with Crippen molar-refractivity contribution in [1.82, 2.24) is 0 Å². The molecule has 0 fully saturated rings. The van der Waals surface area contributed by atoms with Crippen LogP contribution in [-0.2, 0) is 5.33 Å². The minimum absolute atomic E-state index is 0.807. The smallest absolute Gasteiger partial charge is 0.142 e. The molecule has 0 unspecified atom stereocenters. The van der Waals surface area contributed by atoms with Gasteiger partial charge in [-0.15, -0.1) is 0 Å². The second-order valence-electron chi connectivity index (χ2n) is 4.14. The molecule has 0 aliphatic rings. The summed E-state index contributed by atoms with van der Waals surface area (Å²) < 4.78 is 6.51. The quantitative estimate of drug-likeness (QED) is 0.678. The summed E-state index contributed by atoms with van der Waals surface area (Å²) in [5.41, 5.74) is 3.43. The number of alkyl halides is 1. The third-order valence-corrected chi connectivity index (χ3v) is 4.09. The van der Waals surface area contributed by atoms with Gasteiger partial charge in [-0.3, -0.25) is 0 Å². The summed E-state index contributed by atoms with van der Waals surface area (Å²) in [6.45, 7) is 0. The van der Waals surface area contributed by atoms with Crippen molar-refractivity contribution in [3.05, 3.63) is 52.5 Å². The molecule has 0 atom stereocenters. The van der Waals surface area contributed by atoms with Crippen LogP contribution in [0.15, 0.2) is 46.9 Å². The monoisotopic (exact) mass is 383 g/mol. The van der Waals surface area contributed by atoms with Crippen LogP contribution in [0.3, 0.4) is 0 Å². The highest BCUT2D eigenvalue weighted by Gasteiger charge is 2.12. The SMILES string of the molecule is COc1ccccc1N(C)c1ccc(Br)cc1CBr. The Morgan fingerprint density at radius 1 is 1.11 bits per heavy atom. The Labute approximate surface area is 130 Å². The van der Waals surface area contributed by atoms with Crippen LogP contribution in [0.25, 0.3) is 0 Å². The van der Waals surface area contributed by atoms with Crippen molar-refractivity contribution in [1.29, 1.82) is 0 Å². The molecule has 2 aromatic rings. The topological polar surface area (TPSA) is 12.5 Å². The molecule has 4 heteroatoms. The van der Waals surface area contributed by atoms with Crippen molar-refractivity contribution in [3.8, 4) is 5.75 Å². The van der Waals surface area contributed by atoms with Crippen LogP contribution in [0.1, 0.15) is 5.56 Å². The average Bonchev–Trinajstić information content (AvgIpc) is 2.46. The fraction of sp³-hybridized carbons (Fsp3) is 0.200. The van der Waals surface area contributed by atoms with Crippen molar-refractivity contribution in [2.24, 2.45) is 0 Å². The predicted octanol–water partition coefficient (Wildman–Crippen LogP) is 5.12. The van der Waals surface area contributed by atoms with Gasteiger partial charge in [0.25, 0.3) is 0 Å². The molecule has 0 bridgehead atoms. The zero-order valence-corrected chi connectivity index (χ0v) is 14.0. The maximum absolute atomic E-state index is 5.42. The number of methoxy groups -OCH3 is 1. The van der Waals surface area contributed by atoms with Gasteiger partial charge < -0.3 is 9.64 Å². The van der Waals surface area contributed by atoms with Gasteiger partial charge in [0.2, 0.25) is 0 Å². The molecule has 2 rings (SSSR count). The highest BCUT2D eigenvalue weighted by molar-refractivity contribution is 9.10. The largest absolute Gasteiger partial charge is 0.495 e. The lowest BCUT2D eigenvalue weighted by Crippen LogP contribution is -2.12. The Morgan fingerprint density at radius 3 is 2.53 bits per heavy atom. The first-order chi connectivity index (χ1) is 9.17. The lowest BCUT2D eigenvalue weighted by molar-refractivity contribution is 0.415. The maximum Gasteiger partial charge on any atom is 0.142 e. The molecular weight excluding hydrogens is 370 g/mol. The average molecular weight is 385 g/mol. The number of ether oxygens (including phenoxy) is 1. The lowest BCUT2D eigenvalue weighted by atomic mass is 10.1. The van der Waals surface area contributed by atoms with E-state index in [1.54, 1.807) is 7.11 Å². The molecule has 2 nitrogen and oxygen atoms in total. The summed E-state index contributed by atoms with van der Waals surface area (Å²) in [5.74, 6) is 0.869. The molecule has 0 saturated carbocycles. The molecule has 0 aromatic heterocycles. The molecule has 0 amide bonds. The summed E-state index contributed by atoms with van der Waals surface area (Å²) in [7, 11) is 3.74. The molecule has 0 aliphatic heterocycles. The van der Waals surface area contributed by atoms with E-state index in [-0.39, 0.29) is 0 Å². The van der Waals surface area contributed by atoms with Gasteiger partial charge in [-0.05, 0) is 35.9 Å². The third-order valence-electron chi connectivity index (χ3n) is 2.99. The summed E-state index contributed by atoms with van der Waals surface area (Å²) in [6.07, 6.45) is 0. The van der Waals surface area contributed by atoms with E-state index in [0.29, 0.717) is 0 Å². The molecule has 0 aliphatic carbocycles. The first-order valence-electron chi connectivity index (χ1n) is 5.88. The summed E-state index contributed by atoms with van der Waals surface area (Å²) in [6, 6.07) is 14.3. The molecule has 2 aromatic carbocycles. The van der Waals surface area contributed by atoms with Crippen LogP contribution in [0.2, 0.25) is 0 Å². The minimum atomic E-state index is 0.807. The standard InChI is InChI=1S/C15H15Br2NO/c1-18(14-5-3-4-6-15(14)19-2)13-8-7-12(17)9-11(13)10-16/h3-9H,10H2,1-2H3. The Balaban J connectivity index is 2.46. The number of nitrogens with zero attached hydrogens (tertiary/aromatic N) is 1. The Morgan fingerprint density at radius 2 is 1.84 bits per heavy atom. The number of benzene rings is 2. The zero-order chi connectivity index (χ0) is 13.8.